The molecule has 0 bridgehead atoms. The van der Waals surface area contributed by atoms with E-state index in [0.29, 0.717) is 6.04 Å². The maximum atomic E-state index is 12.8. The largest absolute Gasteiger partial charge is 0.392 e. The van der Waals surface area contributed by atoms with Crippen LogP contribution in [-0.2, 0) is 32.6 Å². The number of hydrogen-bond acceptors (Lipinski definition) is 7. The highest BCUT2D eigenvalue weighted by molar-refractivity contribution is 7.89. The van der Waals surface area contributed by atoms with Crippen LogP contribution in [0.3, 0.4) is 0 Å². The molecule has 2 N–H and O–H groups in total. The van der Waals surface area contributed by atoms with Crippen LogP contribution in [0.1, 0.15) is 67.3 Å². The maximum Gasteiger partial charge on any atom is 0.240 e. The number of likely N-dealkylation sites (tertiary alicyclic amines) is 2. The lowest BCUT2D eigenvalue weighted by Crippen LogP contribution is -2.48. The number of benzene rings is 4. The third-order valence-electron chi connectivity index (χ3n) is 10.7. The third-order valence-corrected chi connectivity index (χ3v) is 12.1. The lowest BCUT2D eigenvalue weighted by atomic mass is 9.89. The summed E-state index contributed by atoms with van der Waals surface area (Å²) in [7, 11) is -3.60. The van der Waals surface area contributed by atoms with Crippen molar-refractivity contribution in [3.8, 4) is 11.1 Å². The van der Waals surface area contributed by atoms with Gasteiger partial charge in [-0.2, -0.15) is 0 Å². The predicted octanol–water partition coefficient (Wildman–Crippen LogP) is 6.68. The van der Waals surface area contributed by atoms with Gasteiger partial charge in [0.1, 0.15) is 0 Å². The van der Waals surface area contributed by atoms with Gasteiger partial charge in [-0.1, -0.05) is 91.9 Å². The minimum atomic E-state index is -3.60. The predicted molar refractivity (Wildman–Crippen MR) is 196 cm³/mol. The van der Waals surface area contributed by atoms with Gasteiger partial charge < -0.3 is 19.5 Å². The Kier molecular flexibility index (Phi) is 11.1. The van der Waals surface area contributed by atoms with Gasteiger partial charge in [-0.3, -0.25) is 4.90 Å². The van der Waals surface area contributed by atoms with Crippen molar-refractivity contribution < 1.29 is 23.0 Å². The summed E-state index contributed by atoms with van der Waals surface area (Å²) in [6.45, 7) is 8.02. The fraction of sp³-hybridized carbons (Fsp3) is 0.415. The minimum Gasteiger partial charge on any atom is -0.392 e. The third kappa shape index (κ3) is 8.21. The second kappa shape index (κ2) is 15.9. The van der Waals surface area contributed by atoms with Crippen LogP contribution in [0.25, 0.3) is 11.1 Å². The molecule has 3 fully saturated rings. The molecule has 0 saturated carbocycles. The summed E-state index contributed by atoms with van der Waals surface area (Å²) >= 11 is 0. The molecule has 7 rings (SSSR count). The highest BCUT2D eigenvalue weighted by atomic mass is 32.2. The molecule has 0 amide bonds. The van der Waals surface area contributed by atoms with E-state index in [-0.39, 0.29) is 36.2 Å². The first kappa shape index (κ1) is 35.0. The number of nitrogens with zero attached hydrogens (tertiary/aromatic N) is 2. The summed E-state index contributed by atoms with van der Waals surface area (Å²) < 4.78 is 41.9. The Labute approximate surface area is 297 Å². The van der Waals surface area contributed by atoms with Crippen molar-refractivity contribution in [2.24, 2.45) is 5.92 Å². The standard InChI is InChI=1S/C41H49N3O5S/c1-30-39(28-44-24-8-11-37(44)27-43-22-5-6-23-43)48-41(49-40(30)34-16-14-31(29-45)15-17-34)35-20-18-33(19-21-35)36-10-7-9-32(25-36)26-42-50(46,47)38-12-3-2-4-13-38/h2-4,7,9-10,12-21,25,30,37,39-42,45H,5-6,8,11,22-24,26-29H2,1H3/t30-,37+,39+,40+,41+/m1/s1. The zero-order chi connectivity index (χ0) is 34.5. The topological polar surface area (TPSA) is 91.3 Å². The van der Waals surface area contributed by atoms with Crippen LogP contribution in [0.4, 0.5) is 0 Å². The SMILES string of the molecule is C[C@@H]1[C@H](CN2CCC[C@H]2CN2CCCC2)O[C@H](c2ccc(-c3cccc(CNS(=O)(=O)c4ccccc4)c3)cc2)O[C@@H]1c1ccc(CO)cc1. The lowest BCUT2D eigenvalue weighted by Gasteiger charge is -2.43. The van der Waals surface area contributed by atoms with Gasteiger partial charge in [0.15, 0.2) is 6.29 Å². The highest BCUT2D eigenvalue weighted by Crippen LogP contribution is 2.42. The van der Waals surface area contributed by atoms with Crippen LogP contribution in [0.2, 0.25) is 0 Å². The van der Waals surface area contributed by atoms with E-state index in [9.17, 15) is 13.5 Å². The van der Waals surface area contributed by atoms with E-state index in [2.05, 4.69) is 57.8 Å². The molecule has 3 aliphatic rings. The molecule has 3 aliphatic heterocycles. The molecule has 0 aliphatic carbocycles. The number of aliphatic hydroxyl groups excluding tert-OH is 1. The Hall–Kier alpha value is -3.41. The molecule has 9 heteroatoms. The highest BCUT2D eigenvalue weighted by Gasteiger charge is 2.40. The summed E-state index contributed by atoms with van der Waals surface area (Å²) in [6.07, 6.45) is 4.41. The smallest absolute Gasteiger partial charge is 0.240 e. The van der Waals surface area contributed by atoms with E-state index in [0.717, 1.165) is 53.0 Å². The Balaban J connectivity index is 1.07. The van der Waals surface area contributed by atoms with Crippen molar-refractivity contribution in [1.29, 1.82) is 0 Å². The van der Waals surface area contributed by atoms with Gasteiger partial charge in [-0.15, -0.1) is 0 Å². The summed E-state index contributed by atoms with van der Waals surface area (Å²) in [6, 6.07) is 33.4. The maximum absolute atomic E-state index is 12.8. The van der Waals surface area contributed by atoms with E-state index in [4.69, 9.17) is 9.47 Å². The first-order valence-corrected chi connectivity index (χ1v) is 19.6. The van der Waals surface area contributed by atoms with Gasteiger partial charge in [0.25, 0.3) is 0 Å². The van der Waals surface area contributed by atoms with Crippen molar-refractivity contribution in [3.63, 3.8) is 0 Å². The molecular formula is C41H49N3O5S. The molecule has 0 aromatic heterocycles. The first-order valence-electron chi connectivity index (χ1n) is 18.1. The van der Waals surface area contributed by atoms with Gasteiger partial charge in [-0.25, -0.2) is 13.1 Å². The summed E-state index contributed by atoms with van der Waals surface area (Å²) in [5, 5.41) is 9.64. The molecule has 264 valence electrons. The Morgan fingerprint density at radius 2 is 1.50 bits per heavy atom. The molecule has 3 heterocycles. The molecule has 0 radical (unpaired) electrons. The van der Waals surface area contributed by atoms with Gasteiger partial charge in [0.2, 0.25) is 10.0 Å². The summed E-state index contributed by atoms with van der Waals surface area (Å²) in [5.41, 5.74) is 5.85. The summed E-state index contributed by atoms with van der Waals surface area (Å²) in [4.78, 5) is 5.54. The number of rotatable bonds is 12. The normalized spacial score (nSPS) is 24.9. The van der Waals surface area contributed by atoms with Crippen LogP contribution >= 0.6 is 0 Å². The van der Waals surface area contributed by atoms with Crippen LogP contribution < -0.4 is 4.72 Å². The van der Waals surface area contributed by atoms with E-state index in [1.165, 1.54) is 38.8 Å². The second-order valence-corrected chi connectivity index (χ2v) is 15.8. The van der Waals surface area contributed by atoms with E-state index in [1.807, 2.05) is 36.4 Å². The Morgan fingerprint density at radius 1 is 0.760 bits per heavy atom. The quantitative estimate of drug-likeness (QED) is 0.171. The lowest BCUT2D eigenvalue weighted by molar-refractivity contribution is -0.276. The zero-order valence-electron chi connectivity index (χ0n) is 28.9. The zero-order valence-corrected chi connectivity index (χ0v) is 29.7. The fourth-order valence-electron chi connectivity index (χ4n) is 7.72. The summed E-state index contributed by atoms with van der Waals surface area (Å²) in [5.74, 6) is 0.139. The Bertz CT molecular complexity index is 1800. The molecule has 3 saturated heterocycles. The molecule has 0 unspecified atom stereocenters. The number of hydrogen-bond donors (Lipinski definition) is 2. The average Bonchev–Trinajstić information content (AvgIpc) is 3.85. The molecule has 4 aromatic rings. The Morgan fingerprint density at radius 3 is 2.24 bits per heavy atom. The number of aliphatic hydroxyl groups is 1. The molecule has 4 aromatic carbocycles. The average molecular weight is 696 g/mol. The van der Waals surface area contributed by atoms with E-state index in [1.54, 1.807) is 30.3 Å². The van der Waals surface area contributed by atoms with Crippen LogP contribution in [0.5, 0.6) is 0 Å². The van der Waals surface area contributed by atoms with E-state index >= 15 is 0 Å². The second-order valence-electron chi connectivity index (χ2n) is 14.1. The monoisotopic (exact) mass is 695 g/mol. The van der Waals surface area contributed by atoms with E-state index < -0.39 is 16.3 Å². The van der Waals surface area contributed by atoms with Crippen molar-refractivity contribution >= 4 is 10.0 Å². The molecule has 5 atom stereocenters. The molecule has 0 spiro atoms. The fourth-order valence-corrected chi connectivity index (χ4v) is 8.76. The van der Waals surface area contributed by atoms with Crippen LogP contribution in [0, 0.1) is 5.92 Å². The van der Waals surface area contributed by atoms with Crippen molar-refractivity contribution in [1.82, 2.24) is 14.5 Å². The van der Waals surface area contributed by atoms with Gasteiger partial charge in [0.05, 0.1) is 23.7 Å². The number of nitrogens with one attached hydrogen (secondary N) is 1. The van der Waals surface area contributed by atoms with Gasteiger partial charge in [-0.05, 0) is 91.3 Å². The van der Waals surface area contributed by atoms with Crippen molar-refractivity contribution in [3.05, 3.63) is 125 Å². The van der Waals surface area contributed by atoms with Gasteiger partial charge >= 0.3 is 0 Å². The first-order chi connectivity index (χ1) is 24.4. The number of sulfonamides is 1. The van der Waals surface area contributed by atoms with Crippen molar-refractivity contribution in [2.75, 3.05) is 32.7 Å². The van der Waals surface area contributed by atoms with Crippen LogP contribution in [-0.4, -0.2) is 68.2 Å². The minimum absolute atomic E-state index is 0.00790. The van der Waals surface area contributed by atoms with Crippen LogP contribution in [0.15, 0.2) is 108 Å². The molecule has 8 nitrogen and oxygen atoms in total. The number of ether oxygens (including phenoxy) is 2. The van der Waals surface area contributed by atoms with Crippen molar-refractivity contribution in [2.45, 2.75) is 75.2 Å². The molecule has 50 heavy (non-hydrogen) atoms. The van der Waals surface area contributed by atoms with Gasteiger partial charge in [0, 0.05) is 37.2 Å². The molecular weight excluding hydrogens is 647 g/mol.